The molecule has 3 rings (SSSR count). The number of aryl methyl sites for hydroxylation is 1. The van der Waals surface area contributed by atoms with Crippen LogP contribution in [0, 0.1) is 16.0 Å². The largest absolute Gasteiger partial charge is 0.469 e. The van der Waals surface area contributed by atoms with Crippen LogP contribution in [0.2, 0.25) is 0 Å². The third kappa shape index (κ3) is 4.19. The lowest BCUT2D eigenvalue weighted by atomic mass is 9.97. The van der Waals surface area contributed by atoms with Gasteiger partial charge in [-0.15, -0.1) is 0 Å². The first-order valence-electron chi connectivity index (χ1n) is 9.12. The van der Waals surface area contributed by atoms with Crippen LogP contribution in [0.5, 0.6) is 11.6 Å². The zero-order chi connectivity index (χ0) is 20.1. The summed E-state index contributed by atoms with van der Waals surface area (Å²) < 4.78 is 10.5. The van der Waals surface area contributed by atoms with E-state index in [1.54, 1.807) is 17.0 Å². The van der Waals surface area contributed by atoms with E-state index in [2.05, 4.69) is 9.97 Å². The predicted octanol–water partition coefficient (Wildman–Crippen LogP) is 3.13. The Morgan fingerprint density at radius 2 is 1.93 bits per heavy atom. The third-order valence-corrected chi connectivity index (χ3v) is 4.83. The van der Waals surface area contributed by atoms with E-state index in [1.165, 1.54) is 13.4 Å². The van der Waals surface area contributed by atoms with E-state index in [-0.39, 0.29) is 29.3 Å². The van der Waals surface area contributed by atoms with Gasteiger partial charge in [0.1, 0.15) is 12.1 Å². The van der Waals surface area contributed by atoms with Gasteiger partial charge in [-0.25, -0.2) is 4.98 Å². The smallest absolute Gasteiger partial charge is 0.373 e. The van der Waals surface area contributed by atoms with Gasteiger partial charge in [-0.2, -0.15) is 4.98 Å². The molecule has 1 aromatic carbocycles. The molecule has 0 unspecified atom stereocenters. The Balaban J connectivity index is 1.83. The van der Waals surface area contributed by atoms with Crippen LogP contribution in [0.4, 0.5) is 11.5 Å². The number of anilines is 1. The van der Waals surface area contributed by atoms with Gasteiger partial charge >= 0.3 is 17.5 Å². The highest BCUT2D eigenvalue weighted by atomic mass is 16.6. The van der Waals surface area contributed by atoms with E-state index in [0.29, 0.717) is 31.7 Å². The Morgan fingerprint density at radius 3 is 2.50 bits per heavy atom. The summed E-state index contributed by atoms with van der Waals surface area (Å²) in [5, 5.41) is 11.7. The van der Waals surface area contributed by atoms with Gasteiger partial charge in [0.2, 0.25) is 5.82 Å². The van der Waals surface area contributed by atoms with Crippen LogP contribution in [0.1, 0.15) is 25.3 Å². The van der Waals surface area contributed by atoms with Crippen LogP contribution in [-0.4, -0.2) is 41.1 Å². The summed E-state index contributed by atoms with van der Waals surface area (Å²) in [6.07, 6.45) is 3.23. The maximum atomic E-state index is 11.7. The second kappa shape index (κ2) is 8.64. The molecule has 0 bridgehead atoms. The number of carbonyl (C=O) groups excluding carboxylic acids is 1. The van der Waals surface area contributed by atoms with Gasteiger partial charge < -0.3 is 14.4 Å². The maximum Gasteiger partial charge on any atom is 0.373 e. The quantitative estimate of drug-likeness (QED) is 0.423. The molecular formula is C19H22N4O5. The molecule has 0 saturated carbocycles. The van der Waals surface area contributed by atoms with Crippen LogP contribution in [0.3, 0.4) is 0 Å². The summed E-state index contributed by atoms with van der Waals surface area (Å²) in [6, 6.07) is 7.32. The molecule has 28 heavy (non-hydrogen) atoms. The van der Waals surface area contributed by atoms with Gasteiger partial charge in [0.25, 0.3) is 0 Å². The summed E-state index contributed by atoms with van der Waals surface area (Å²) >= 11 is 0. The summed E-state index contributed by atoms with van der Waals surface area (Å²) in [6.45, 7) is 2.96. The highest BCUT2D eigenvalue weighted by Gasteiger charge is 2.33. The average molecular weight is 386 g/mol. The monoisotopic (exact) mass is 386 g/mol. The predicted molar refractivity (Wildman–Crippen MR) is 102 cm³/mol. The highest BCUT2D eigenvalue weighted by molar-refractivity contribution is 5.73. The number of hydrogen-bond acceptors (Lipinski definition) is 8. The summed E-state index contributed by atoms with van der Waals surface area (Å²) in [7, 11) is 1.36. The molecule has 0 atom stereocenters. The zero-order valence-electron chi connectivity index (χ0n) is 15.8. The molecule has 9 nitrogen and oxygen atoms in total. The lowest BCUT2D eigenvalue weighted by Gasteiger charge is -2.31. The van der Waals surface area contributed by atoms with E-state index in [1.807, 2.05) is 19.1 Å². The van der Waals surface area contributed by atoms with Crippen LogP contribution in [0.25, 0.3) is 0 Å². The molecule has 0 N–H and O–H groups in total. The second-order valence-corrected chi connectivity index (χ2v) is 6.49. The Bertz CT molecular complexity index is 848. The van der Waals surface area contributed by atoms with Crippen LogP contribution < -0.4 is 9.64 Å². The Labute approximate surface area is 162 Å². The normalized spacial score (nSPS) is 14.6. The zero-order valence-corrected chi connectivity index (χ0v) is 15.8. The molecule has 0 spiro atoms. The molecule has 2 aromatic rings. The van der Waals surface area contributed by atoms with Crippen molar-refractivity contribution in [1.29, 1.82) is 0 Å². The first-order chi connectivity index (χ1) is 13.5. The SMILES string of the molecule is CCc1ccc(Oc2ncnc(N3CCC(C(=O)OC)CC3)c2[N+](=O)[O-])cc1. The van der Waals surface area contributed by atoms with Crippen molar-refractivity contribution in [3.8, 4) is 11.6 Å². The number of rotatable bonds is 6. The molecule has 1 aromatic heterocycles. The molecule has 1 aliphatic heterocycles. The Kier molecular flexibility index (Phi) is 6.03. The number of esters is 1. The topological polar surface area (TPSA) is 108 Å². The first-order valence-corrected chi connectivity index (χ1v) is 9.12. The lowest BCUT2D eigenvalue weighted by molar-refractivity contribution is -0.385. The molecule has 9 heteroatoms. The van der Waals surface area contributed by atoms with E-state index in [4.69, 9.17) is 9.47 Å². The summed E-state index contributed by atoms with van der Waals surface area (Å²) in [4.78, 5) is 32.8. The fourth-order valence-corrected chi connectivity index (χ4v) is 3.22. The van der Waals surface area contributed by atoms with Gasteiger partial charge in [-0.3, -0.25) is 14.9 Å². The van der Waals surface area contributed by atoms with Crippen molar-refractivity contribution in [1.82, 2.24) is 9.97 Å². The molecule has 1 saturated heterocycles. The number of nitro groups is 1. The first kappa shape index (κ1) is 19.5. The maximum absolute atomic E-state index is 11.7. The van der Waals surface area contributed by atoms with E-state index < -0.39 is 4.92 Å². The lowest BCUT2D eigenvalue weighted by Crippen LogP contribution is -2.37. The number of carbonyl (C=O) groups is 1. The van der Waals surface area contributed by atoms with Gasteiger partial charge in [-0.05, 0) is 37.0 Å². The Hall–Kier alpha value is -3.23. The van der Waals surface area contributed by atoms with Crippen molar-refractivity contribution in [2.75, 3.05) is 25.1 Å². The summed E-state index contributed by atoms with van der Waals surface area (Å²) in [5.74, 6) is 0.110. The number of ether oxygens (including phenoxy) is 2. The standard InChI is InChI=1S/C19H22N4O5/c1-3-13-4-6-15(7-5-13)28-18-16(23(25)26)17(20-12-21-18)22-10-8-14(9-11-22)19(24)27-2/h4-7,12,14H,3,8-11H2,1-2H3. The molecule has 0 radical (unpaired) electrons. The van der Waals surface area contributed by atoms with Crippen molar-refractivity contribution in [3.63, 3.8) is 0 Å². The molecule has 1 aliphatic rings. The minimum atomic E-state index is -0.530. The fourth-order valence-electron chi connectivity index (χ4n) is 3.22. The summed E-state index contributed by atoms with van der Waals surface area (Å²) in [5.41, 5.74) is 0.859. The number of piperidine rings is 1. The van der Waals surface area contributed by atoms with E-state index >= 15 is 0 Å². The third-order valence-electron chi connectivity index (χ3n) is 4.83. The molecule has 0 amide bonds. The van der Waals surface area contributed by atoms with Gasteiger partial charge in [0.15, 0.2) is 0 Å². The van der Waals surface area contributed by atoms with E-state index in [9.17, 15) is 14.9 Å². The van der Waals surface area contributed by atoms with Gasteiger partial charge in [0, 0.05) is 13.1 Å². The van der Waals surface area contributed by atoms with E-state index in [0.717, 1.165) is 12.0 Å². The number of methoxy groups -OCH3 is 1. The van der Waals surface area contributed by atoms with Crippen molar-refractivity contribution < 1.29 is 19.2 Å². The molecule has 2 heterocycles. The van der Waals surface area contributed by atoms with Crippen molar-refractivity contribution in [3.05, 3.63) is 46.3 Å². The van der Waals surface area contributed by atoms with Crippen LogP contribution >= 0.6 is 0 Å². The van der Waals surface area contributed by atoms with Crippen LogP contribution in [0.15, 0.2) is 30.6 Å². The number of hydrogen-bond donors (Lipinski definition) is 0. The molecular weight excluding hydrogens is 364 g/mol. The number of aromatic nitrogens is 2. The molecule has 148 valence electrons. The van der Waals surface area contributed by atoms with Crippen molar-refractivity contribution in [2.24, 2.45) is 5.92 Å². The van der Waals surface area contributed by atoms with Crippen molar-refractivity contribution in [2.45, 2.75) is 26.2 Å². The molecule has 0 aliphatic carbocycles. The van der Waals surface area contributed by atoms with Crippen LogP contribution in [-0.2, 0) is 16.0 Å². The second-order valence-electron chi connectivity index (χ2n) is 6.49. The van der Waals surface area contributed by atoms with Crippen molar-refractivity contribution >= 4 is 17.5 Å². The minimum absolute atomic E-state index is 0.102. The minimum Gasteiger partial charge on any atom is -0.469 e. The number of nitrogens with zero attached hydrogens (tertiary/aromatic N) is 4. The Morgan fingerprint density at radius 1 is 1.25 bits per heavy atom. The van der Waals surface area contributed by atoms with Gasteiger partial charge in [-0.1, -0.05) is 19.1 Å². The number of benzene rings is 1. The molecule has 1 fully saturated rings. The fraction of sp³-hybridized carbons (Fsp3) is 0.421. The highest BCUT2D eigenvalue weighted by Crippen LogP contribution is 2.37. The average Bonchev–Trinajstić information content (AvgIpc) is 2.73. The van der Waals surface area contributed by atoms with Gasteiger partial charge in [0.05, 0.1) is 18.0 Å².